The Balaban J connectivity index is 2.29. The smallest absolute Gasteiger partial charge is 0.344 e. The number of methoxy groups -OCH3 is 1. The number of amides is 1. The van der Waals surface area contributed by atoms with Crippen molar-refractivity contribution in [1.29, 1.82) is 0 Å². The van der Waals surface area contributed by atoms with Crippen molar-refractivity contribution in [3.63, 3.8) is 0 Å². The molecule has 1 unspecified atom stereocenters. The molecule has 1 heterocycles. The van der Waals surface area contributed by atoms with Gasteiger partial charge in [-0.2, -0.15) is 0 Å². The fourth-order valence-corrected chi connectivity index (χ4v) is 3.31. The Morgan fingerprint density at radius 2 is 2.04 bits per heavy atom. The van der Waals surface area contributed by atoms with E-state index in [2.05, 4.69) is 0 Å². The molecule has 122 valence electrons. The number of hydrogen-bond acceptors (Lipinski definition) is 6. The second kappa shape index (κ2) is 5.05. The molecule has 1 atom stereocenters. The Labute approximate surface area is 131 Å². The average Bonchev–Trinajstić information content (AvgIpc) is 2.69. The minimum Gasteiger partial charge on any atom is -0.506 e. The molecule has 2 aromatic carbocycles. The SMILES string of the molecule is COc1ccc2cc(O)c(N3S(=O)NC(=O)C3(O)O)c(F)c2c1. The number of nitrogens with one attached hydrogen (secondary N) is 1. The second-order valence-electron chi connectivity index (χ2n) is 4.76. The van der Waals surface area contributed by atoms with E-state index in [0.717, 1.165) is 6.07 Å². The van der Waals surface area contributed by atoms with E-state index in [1.54, 1.807) is 10.8 Å². The Kier molecular flexibility index (Phi) is 3.39. The molecular formula is C13H11FN2O6S. The average molecular weight is 342 g/mol. The van der Waals surface area contributed by atoms with Gasteiger partial charge in [0, 0.05) is 5.39 Å². The van der Waals surface area contributed by atoms with Crippen LogP contribution in [0.2, 0.25) is 0 Å². The molecule has 0 radical (unpaired) electrons. The number of rotatable bonds is 2. The minimum atomic E-state index is -3.27. The normalized spacial score (nSPS) is 19.9. The van der Waals surface area contributed by atoms with Gasteiger partial charge in [-0.05, 0) is 23.6 Å². The molecule has 23 heavy (non-hydrogen) atoms. The first kappa shape index (κ1) is 15.5. The van der Waals surface area contributed by atoms with Crippen LogP contribution in [-0.4, -0.2) is 38.5 Å². The molecule has 1 aliphatic heterocycles. The van der Waals surface area contributed by atoms with Crippen LogP contribution in [0.3, 0.4) is 0 Å². The summed E-state index contributed by atoms with van der Waals surface area (Å²) in [6.07, 6.45) is 0. The van der Waals surface area contributed by atoms with Crippen LogP contribution in [0.25, 0.3) is 10.8 Å². The first-order valence-corrected chi connectivity index (χ1v) is 7.35. The molecule has 0 aromatic heterocycles. The van der Waals surface area contributed by atoms with Gasteiger partial charge in [-0.25, -0.2) is 12.9 Å². The van der Waals surface area contributed by atoms with Crippen molar-refractivity contribution in [2.75, 3.05) is 11.4 Å². The number of nitrogens with zero attached hydrogens (tertiary/aromatic N) is 1. The predicted molar refractivity (Wildman–Crippen MR) is 78.1 cm³/mol. The van der Waals surface area contributed by atoms with E-state index < -0.39 is 40.2 Å². The number of phenols is 1. The van der Waals surface area contributed by atoms with E-state index in [4.69, 9.17) is 4.74 Å². The predicted octanol–water partition coefficient (Wildman–Crippen LogP) is -0.154. The lowest BCUT2D eigenvalue weighted by atomic mass is 10.1. The van der Waals surface area contributed by atoms with Gasteiger partial charge in [-0.1, -0.05) is 6.07 Å². The van der Waals surface area contributed by atoms with E-state index in [0.29, 0.717) is 11.1 Å². The van der Waals surface area contributed by atoms with E-state index in [-0.39, 0.29) is 9.69 Å². The summed E-state index contributed by atoms with van der Waals surface area (Å²) in [7, 11) is 1.38. The molecule has 8 nitrogen and oxygen atoms in total. The fraction of sp³-hybridized carbons (Fsp3) is 0.154. The number of ether oxygens (including phenoxy) is 1. The molecule has 0 aliphatic carbocycles. The summed E-state index contributed by atoms with van der Waals surface area (Å²) >= 11 is -2.48. The van der Waals surface area contributed by atoms with Gasteiger partial charge in [0.05, 0.1) is 7.11 Å². The lowest BCUT2D eigenvalue weighted by Gasteiger charge is -2.25. The molecule has 10 heteroatoms. The van der Waals surface area contributed by atoms with Crippen LogP contribution >= 0.6 is 0 Å². The summed E-state index contributed by atoms with van der Waals surface area (Å²) in [6, 6.07) is 5.49. The van der Waals surface area contributed by atoms with Crippen molar-refractivity contribution >= 4 is 33.5 Å². The third-order valence-corrected chi connectivity index (χ3v) is 4.51. The van der Waals surface area contributed by atoms with Crippen molar-refractivity contribution < 1.29 is 33.5 Å². The number of aliphatic hydroxyl groups is 2. The standard InChI is InChI=1S/C13H11FN2O6S/c1-22-7-3-2-6-4-9(17)11(10(14)8(6)5-7)16-13(19,20)12(18)15-23(16)21/h2-5,17,19-20H,1H3,(H,15,18). The highest BCUT2D eigenvalue weighted by atomic mass is 32.2. The van der Waals surface area contributed by atoms with Crippen molar-refractivity contribution in [3.05, 3.63) is 30.1 Å². The molecule has 4 N–H and O–H groups in total. The highest BCUT2D eigenvalue weighted by Gasteiger charge is 2.53. The van der Waals surface area contributed by atoms with Crippen LogP contribution < -0.4 is 13.8 Å². The van der Waals surface area contributed by atoms with Gasteiger partial charge in [-0.3, -0.25) is 9.52 Å². The molecule has 1 fully saturated rings. The van der Waals surface area contributed by atoms with Crippen LogP contribution in [0, 0.1) is 5.82 Å². The van der Waals surface area contributed by atoms with E-state index in [1.165, 1.54) is 19.2 Å². The summed E-state index contributed by atoms with van der Waals surface area (Å²) in [5, 5.41) is 29.8. The first-order chi connectivity index (χ1) is 10.8. The molecule has 2 aromatic rings. The van der Waals surface area contributed by atoms with Crippen molar-refractivity contribution in [2.24, 2.45) is 0 Å². The third kappa shape index (κ3) is 2.19. The number of phenolic OH excluding ortho intramolecular Hbond substituents is 1. The quantitative estimate of drug-likeness (QED) is 0.564. The van der Waals surface area contributed by atoms with Crippen molar-refractivity contribution in [1.82, 2.24) is 4.72 Å². The minimum absolute atomic E-state index is 0.0238. The Morgan fingerprint density at radius 1 is 1.35 bits per heavy atom. The number of carbonyl (C=O) groups excluding carboxylic acids is 1. The number of halogens is 1. The van der Waals surface area contributed by atoms with Crippen LogP contribution in [0.4, 0.5) is 10.1 Å². The van der Waals surface area contributed by atoms with Crippen LogP contribution in [0.15, 0.2) is 24.3 Å². The lowest BCUT2D eigenvalue weighted by Crippen LogP contribution is -2.49. The van der Waals surface area contributed by atoms with Gasteiger partial charge in [0.2, 0.25) is 11.2 Å². The number of benzene rings is 2. The maximum absolute atomic E-state index is 14.8. The van der Waals surface area contributed by atoms with Gasteiger partial charge in [0.15, 0.2) is 5.82 Å². The van der Waals surface area contributed by atoms with Crippen LogP contribution in [0.1, 0.15) is 0 Å². The Bertz CT molecular complexity index is 856. The molecule has 1 aliphatic rings. The van der Waals surface area contributed by atoms with Gasteiger partial charge in [0.25, 0.3) is 0 Å². The molecule has 1 amide bonds. The number of aromatic hydroxyl groups is 1. The summed E-state index contributed by atoms with van der Waals surface area (Å²) < 4.78 is 33.5. The molecule has 0 bridgehead atoms. The van der Waals surface area contributed by atoms with Gasteiger partial charge in [-0.15, -0.1) is 0 Å². The second-order valence-corrected chi connectivity index (χ2v) is 5.82. The summed E-state index contributed by atoms with van der Waals surface area (Å²) in [5.41, 5.74) is -0.785. The summed E-state index contributed by atoms with van der Waals surface area (Å²) in [5.74, 6) is -6.14. The Morgan fingerprint density at radius 3 is 2.61 bits per heavy atom. The maximum atomic E-state index is 14.8. The molecule has 3 rings (SSSR count). The zero-order valence-corrected chi connectivity index (χ0v) is 12.4. The van der Waals surface area contributed by atoms with E-state index in [1.807, 2.05) is 0 Å². The Hall–Kier alpha value is -2.43. The molecular weight excluding hydrogens is 331 g/mol. The van der Waals surface area contributed by atoms with Gasteiger partial charge >= 0.3 is 11.8 Å². The van der Waals surface area contributed by atoms with Crippen LogP contribution in [-0.2, 0) is 16.0 Å². The first-order valence-electron chi connectivity index (χ1n) is 6.24. The van der Waals surface area contributed by atoms with E-state index in [9.17, 15) is 28.7 Å². The zero-order chi connectivity index (χ0) is 16.9. The number of anilines is 1. The summed E-state index contributed by atoms with van der Waals surface area (Å²) in [4.78, 5) is 11.4. The topological polar surface area (TPSA) is 119 Å². The molecule has 0 spiro atoms. The highest BCUT2D eigenvalue weighted by Crippen LogP contribution is 2.41. The zero-order valence-electron chi connectivity index (χ0n) is 11.6. The lowest BCUT2D eigenvalue weighted by molar-refractivity contribution is -0.174. The monoisotopic (exact) mass is 342 g/mol. The summed E-state index contributed by atoms with van der Waals surface area (Å²) in [6.45, 7) is 0. The van der Waals surface area contributed by atoms with E-state index >= 15 is 0 Å². The third-order valence-electron chi connectivity index (χ3n) is 3.38. The number of carbonyl (C=O) groups is 1. The number of hydrogen-bond donors (Lipinski definition) is 4. The number of fused-ring (bicyclic) bond motifs is 1. The fourth-order valence-electron chi connectivity index (χ4n) is 2.27. The van der Waals surface area contributed by atoms with Crippen molar-refractivity contribution in [3.8, 4) is 11.5 Å². The highest BCUT2D eigenvalue weighted by molar-refractivity contribution is 7.85. The van der Waals surface area contributed by atoms with Crippen molar-refractivity contribution in [2.45, 2.75) is 5.91 Å². The van der Waals surface area contributed by atoms with Gasteiger partial charge < -0.3 is 20.1 Å². The van der Waals surface area contributed by atoms with Crippen LogP contribution in [0.5, 0.6) is 11.5 Å². The maximum Gasteiger partial charge on any atom is 0.344 e. The molecule has 1 saturated heterocycles. The van der Waals surface area contributed by atoms with Gasteiger partial charge in [0.1, 0.15) is 17.2 Å². The molecule has 0 saturated carbocycles. The largest absolute Gasteiger partial charge is 0.506 e.